The maximum absolute atomic E-state index is 5.38. The summed E-state index contributed by atoms with van der Waals surface area (Å²) in [4.78, 5) is 0. The number of hydrogen-bond acceptors (Lipinski definition) is 2. The van der Waals surface area contributed by atoms with E-state index in [-0.39, 0.29) is 0 Å². The summed E-state index contributed by atoms with van der Waals surface area (Å²) in [5.41, 5.74) is 10.6. The van der Waals surface area contributed by atoms with Crippen LogP contribution in [0.15, 0.2) is 0 Å². The zero-order valence-electron chi connectivity index (χ0n) is 5.84. The molecule has 2 rings (SSSR count). The van der Waals surface area contributed by atoms with Crippen molar-refractivity contribution in [3.05, 3.63) is 0 Å². The number of hydrogen-bond donors (Lipinski definition) is 2. The summed E-state index contributed by atoms with van der Waals surface area (Å²) in [6, 6.07) is 1.15. The van der Waals surface area contributed by atoms with Gasteiger partial charge < -0.3 is 11.5 Å². The van der Waals surface area contributed by atoms with Crippen LogP contribution in [-0.4, -0.2) is 12.1 Å². The Hall–Kier alpha value is -0.0800. The van der Waals surface area contributed by atoms with Gasteiger partial charge in [-0.3, -0.25) is 0 Å². The molecule has 4 N–H and O–H groups in total. The molecule has 0 radical (unpaired) electrons. The highest BCUT2D eigenvalue weighted by Gasteiger charge is 2.13. The molecule has 0 amide bonds. The van der Waals surface area contributed by atoms with Gasteiger partial charge in [0.1, 0.15) is 0 Å². The SMILES string of the molecule is NC1CC1.NC1CCC1. The van der Waals surface area contributed by atoms with Crippen molar-refractivity contribution in [1.29, 1.82) is 0 Å². The fourth-order valence-corrected chi connectivity index (χ4v) is 0.536. The van der Waals surface area contributed by atoms with Crippen LogP contribution < -0.4 is 11.5 Å². The molecule has 54 valence electrons. The lowest BCUT2D eigenvalue weighted by atomic mass is 9.95. The molecule has 0 aromatic heterocycles. The summed E-state index contributed by atoms with van der Waals surface area (Å²) < 4.78 is 0. The van der Waals surface area contributed by atoms with Crippen LogP contribution in [0.25, 0.3) is 0 Å². The summed E-state index contributed by atoms with van der Waals surface area (Å²) in [5, 5.41) is 0. The maximum atomic E-state index is 5.38. The third-order valence-corrected chi connectivity index (χ3v) is 1.77. The van der Waals surface area contributed by atoms with Gasteiger partial charge >= 0.3 is 0 Å². The molecule has 0 aliphatic heterocycles. The van der Waals surface area contributed by atoms with Crippen LogP contribution >= 0.6 is 0 Å². The lowest BCUT2D eigenvalue weighted by molar-refractivity contribution is 0.418. The summed E-state index contributed by atoms with van der Waals surface area (Å²) in [6.07, 6.45) is 6.42. The second-order valence-corrected chi connectivity index (χ2v) is 3.03. The maximum Gasteiger partial charge on any atom is 0.00399 e. The topological polar surface area (TPSA) is 52.0 Å². The Morgan fingerprint density at radius 1 is 0.778 bits per heavy atom. The van der Waals surface area contributed by atoms with Gasteiger partial charge in [0.25, 0.3) is 0 Å². The van der Waals surface area contributed by atoms with Crippen LogP contribution in [0.4, 0.5) is 0 Å². The van der Waals surface area contributed by atoms with Crippen molar-refractivity contribution < 1.29 is 0 Å². The van der Waals surface area contributed by atoms with E-state index in [1.54, 1.807) is 0 Å². The van der Waals surface area contributed by atoms with Crippen LogP contribution in [0, 0.1) is 0 Å². The molecule has 2 fully saturated rings. The minimum atomic E-state index is 0.565. The number of nitrogens with two attached hydrogens (primary N) is 2. The standard InChI is InChI=1S/C4H9N.C3H7N/c5-4-2-1-3-4;4-3-1-2-3/h4H,1-3,5H2;3H,1-2,4H2. The van der Waals surface area contributed by atoms with Crippen LogP contribution in [0.5, 0.6) is 0 Å². The highest BCUT2D eigenvalue weighted by atomic mass is 14.7. The Bertz CT molecular complexity index is 75.0. The fraction of sp³-hybridized carbons (Fsp3) is 1.00. The molecule has 0 bridgehead atoms. The molecular formula is C7H16N2. The molecule has 2 heteroatoms. The van der Waals surface area contributed by atoms with Gasteiger partial charge in [0, 0.05) is 12.1 Å². The lowest BCUT2D eigenvalue weighted by Crippen LogP contribution is -2.27. The van der Waals surface area contributed by atoms with E-state index >= 15 is 0 Å². The molecular weight excluding hydrogens is 112 g/mol. The van der Waals surface area contributed by atoms with Gasteiger partial charge in [-0.2, -0.15) is 0 Å². The normalized spacial score (nSPS) is 26.0. The van der Waals surface area contributed by atoms with Gasteiger partial charge in [-0.05, 0) is 25.7 Å². The molecule has 0 unspecified atom stereocenters. The molecule has 0 saturated heterocycles. The third-order valence-electron chi connectivity index (χ3n) is 1.77. The third kappa shape index (κ3) is 3.49. The molecule has 0 aromatic rings. The van der Waals surface area contributed by atoms with E-state index in [2.05, 4.69) is 0 Å². The Kier molecular flexibility index (Phi) is 2.49. The van der Waals surface area contributed by atoms with Crippen molar-refractivity contribution in [3.63, 3.8) is 0 Å². The largest absolute Gasteiger partial charge is 0.328 e. The van der Waals surface area contributed by atoms with E-state index in [1.165, 1.54) is 32.1 Å². The van der Waals surface area contributed by atoms with Crippen molar-refractivity contribution >= 4 is 0 Å². The van der Waals surface area contributed by atoms with Crippen LogP contribution in [0.1, 0.15) is 32.1 Å². The van der Waals surface area contributed by atoms with Crippen molar-refractivity contribution in [2.75, 3.05) is 0 Å². The highest BCUT2D eigenvalue weighted by molar-refractivity contribution is 4.75. The van der Waals surface area contributed by atoms with Crippen LogP contribution in [0.2, 0.25) is 0 Å². The van der Waals surface area contributed by atoms with Gasteiger partial charge in [-0.15, -0.1) is 0 Å². The summed E-state index contributed by atoms with van der Waals surface area (Å²) >= 11 is 0. The number of rotatable bonds is 0. The first-order valence-corrected chi connectivity index (χ1v) is 3.80. The molecule has 0 spiro atoms. The van der Waals surface area contributed by atoms with Crippen molar-refractivity contribution in [2.45, 2.75) is 44.2 Å². The van der Waals surface area contributed by atoms with E-state index in [0.717, 1.165) is 0 Å². The smallest absolute Gasteiger partial charge is 0.00399 e. The minimum absolute atomic E-state index is 0.565. The van der Waals surface area contributed by atoms with Gasteiger partial charge in [-0.25, -0.2) is 0 Å². The second kappa shape index (κ2) is 3.18. The molecule has 2 aliphatic carbocycles. The quantitative estimate of drug-likeness (QED) is 0.502. The monoisotopic (exact) mass is 128 g/mol. The fourth-order valence-electron chi connectivity index (χ4n) is 0.536. The summed E-state index contributed by atoms with van der Waals surface area (Å²) in [5.74, 6) is 0. The first-order chi connectivity index (χ1) is 4.29. The van der Waals surface area contributed by atoms with Gasteiger partial charge in [-0.1, -0.05) is 6.42 Å². The Balaban J connectivity index is 0.0000000922. The van der Waals surface area contributed by atoms with E-state index in [1.807, 2.05) is 0 Å². The van der Waals surface area contributed by atoms with Crippen molar-refractivity contribution in [3.8, 4) is 0 Å². The van der Waals surface area contributed by atoms with E-state index in [0.29, 0.717) is 12.1 Å². The lowest BCUT2D eigenvalue weighted by Gasteiger charge is -2.18. The van der Waals surface area contributed by atoms with Crippen LogP contribution in [0.3, 0.4) is 0 Å². The van der Waals surface area contributed by atoms with Crippen molar-refractivity contribution in [1.82, 2.24) is 0 Å². The molecule has 0 heterocycles. The molecule has 2 aliphatic rings. The predicted octanol–water partition coefficient (Wildman–Crippen LogP) is 0.605. The Morgan fingerprint density at radius 3 is 1.00 bits per heavy atom. The first kappa shape index (κ1) is 7.03. The second-order valence-electron chi connectivity index (χ2n) is 3.03. The van der Waals surface area contributed by atoms with Crippen LogP contribution in [-0.2, 0) is 0 Å². The zero-order valence-corrected chi connectivity index (χ0v) is 5.84. The minimum Gasteiger partial charge on any atom is -0.328 e. The Labute approximate surface area is 56.6 Å². The molecule has 0 atom stereocenters. The average Bonchev–Trinajstić information content (AvgIpc) is 2.47. The molecule has 9 heavy (non-hydrogen) atoms. The summed E-state index contributed by atoms with van der Waals surface area (Å²) in [6.45, 7) is 0. The van der Waals surface area contributed by atoms with Crippen molar-refractivity contribution in [2.24, 2.45) is 11.5 Å². The average molecular weight is 128 g/mol. The van der Waals surface area contributed by atoms with Gasteiger partial charge in [0.05, 0.1) is 0 Å². The highest BCUT2D eigenvalue weighted by Crippen LogP contribution is 2.14. The van der Waals surface area contributed by atoms with Gasteiger partial charge in [0.15, 0.2) is 0 Å². The van der Waals surface area contributed by atoms with E-state index in [4.69, 9.17) is 11.5 Å². The summed E-state index contributed by atoms with van der Waals surface area (Å²) in [7, 11) is 0. The van der Waals surface area contributed by atoms with Gasteiger partial charge in [0.2, 0.25) is 0 Å². The molecule has 2 nitrogen and oxygen atoms in total. The van der Waals surface area contributed by atoms with E-state index in [9.17, 15) is 0 Å². The predicted molar refractivity (Wildman–Crippen MR) is 39.0 cm³/mol. The Morgan fingerprint density at radius 2 is 1.00 bits per heavy atom. The first-order valence-electron chi connectivity index (χ1n) is 3.80. The molecule has 2 saturated carbocycles. The molecule has 0 aromatic carbocycles. The zero-order chi connectivity index (χ0) is 6.69. The van der Waals surface area contributed by atoms with E-state index < -0.39 is 0 Å².